The van der Waals surface area contributed by atoms with Crippen LogP contribution in [0.25, 0.3) is 0 Å². The van der Waals surface area contributed by atoms with Gasteiger partial charge in [-0.3, -0.25) is 4.90 Å². The van der Waals surface area contributed by atoms with Crippen molar-refractivity contribution >= 4 is 0 Å². The van der Waals surface area contributed by atoms with E-state index < -0.39 is 0 Å². The Kier molecular flexibility index (Phi) is 5.58. The summed E-state index contributed by atoms with van der Waals surface area (Å²) in [6, 6.07) is 4.60. The van der Waals surface area contributed by atoms with Crippen LogP contribution < -0.4 is 5.32 Å². The van der Waals surface area contributed by atoms with Crippen molar-refractivity contribution in [3.63, 3.8) is 0 Å². The molecule has 1 heterocycles. The van der Waals surface area contributed by atoms with Gasteiger partial charge < -0.3 is 10.2 Å². The molecular formula is C17H29N3. The van der Waals surface area contributed by atoms with E-state index in [1.165, 1.54) is 41.9 Å². The minimum Gasteiger partial charge on any atom is -0.314 e. The van der Waals surface area contributed by atoms with E-state index in [9.17, 15) is 0 Å². The predicted octanol–water partition coefficient (Wildman–Crippen LogP) is 1.95. The molecule has 1 aromatic rings. The highest BCUT2D eigenvalue weighted by molar-refractivity contribution is 5.37. The number of benzene rings is 1. The molecule has 0 amide bonds. The Morgan fingerprint density at radius 1 is 1.10 bits per heavy atom. The normalized spacial score (nSPS) is 16.9. The van der Waals surface area contributed by atoms with Crippen LogP contribution in [0.4, 0.5) is 0 Å². The van der Waals surface area contributed by atoms with Crippen molar-refractivity contribution in [2.45, 2.75) is 27.3 Å². The zero-order valence-electron chi connectivity index (χ0n) is 13.5. The molecule has 0 radical (unpaired) electrons. The van der Waals surface area contributed by atoms with Gasteiger partial charge in [0.25, 0.3) is 0 Å². The van der Waals surface area contributed by atoms with E-state index >= 15 is 0 Å². The average Bonchev–Trinajstić information content (AvgIpc) is 2.42. The standard InChI is InChI=1S/C17H29N3/c1-14-11-15(2)17(16(3)12-14)13-19(4)9-10-20-7-5-18-6-8-20/h11-12,18H,5-10,13H2,1-4H3. The number of rotatable bonds is 5. The Morgan fingerprint density at radius 3 is 2.30 bits per heavy atom. The molecular weight excluding hydrogens is 246 g/mol. The maximum Gasteiger partial charge on any atom is 0.0236 e. The van der Waals surface area contributed by atoms with E-state index in [4.69, 9.17) is 0 Å². The van der Waals surface area contributed by atoms with E-state index in [0.717, 1.165) is 26.2 Å². The Hall–Kier alpha value is -0.900. The number of nitrogens with one attached hydrogen (secondary N) is 1. The molecule has 0 bridgehead atoms. The first-order chi connectivity index (χ1) is 9.56. The van der Waals surface area contributed by atoms with E-state index in [-0.39, 0.29) is 0 Å². The molecule has 0 unspecified atom stereocenters. The number of piperazine rings is 1. The molecule has 0 aliphatic carbocycles. The third-order valence-corrected chi connectivity index (χ3v) is 4.28. The van der Waals surface area contributed by atoms with Gasteiger partial charge in [-0.25, -0.2) is 0 Å². The second kappa shape index (κ2) is 7.21. The molecule has 1 saturated heterocycles. The summed E-state index contributed by atoms with van der Waals surface area (Å²) >= 11 is 0. The largest absolute Gasteiger partial charge is 0.314 e. The number of likely N-dealkylation sites (N-methyl/N-ethyl adjacent to an activating group) is 1. The third kappa shape index (κ3) is 4.30. The summed E-state index contributed by atoms with van der Waals surface area (Å²) in [5.74, 6) is 0. The SMILES string of the molecule is Cc1cc(C)c(CN(C)CCN2CCNCC2)c(C)c1. The number of hydrogen-bond donors (Lipinski definition) is 1. The Balaban J connectivity index is 1.86. The minimum absolute atomic E-state index is 1.06. The lowest BCUT2D eigenvalue weighted by Crippen LogP contribution is -2.45. The zero-order valence-corrected chi connectivity index (χ0v) is 13.5. The van der Waals surface area contributed by atoms with Crippen LogP contribution in [0.2, 0.25) is 0 Å². The molecule has 1 fully saturated rings. The molecule has 1 aliphatic heterocycles. The van der Waals surface area contributed by atoms with Gasteiger partial charge in [0.1, 0.15) is 0 Å². The highest BCUT2D eigenvalue weighted by Crippen LogP contribution is 2.17. The summed E-state index contributed by atoms with van der Waals surface area (Å²) < 4.78 is 0. The van der Waals surface area contributed by atoms with E-state index in [2.05, 4.69) is 55.1 Å². The van der Waals surface area contributed by atoms with Crippen molar-refractivity contribution in [3.8, 4) is 0 Å². The fraction of sp³-hybridized carbons (Fsp3) is 0.647. The number of nitrogens with zero attached hydrogens (tertiary/aromatic N) is 2. The van der Waals surface area contributed by atoms with Gasteiger partial charge in [-0.15, -0.1) is 0 Å². The molecule has 1 aromatic carbocycles. The molecule has 112 valence electrons. The van der Waals surface area contributed by atoms with Crippen molar-refractivity contribution < 1.29 is 0 Å². The first-order valence-corrected chi connectivity index (χ1v) is 7.74. The molecule has 1 aliphatic rings. The topological polar surface area (TPSA) is 18.5 Å². The lowest BCUT2D eigenvalue weighted by Gasteiger charge is -2.29. The fourth-order valence-corrected chi connectivity index (χ4v) is 3.06. The number of hydrogen-bond acceptors (Lipinski definition) is 3. The van der Waals surface area contributed by atoms with E-state index in [1.54, 1.807) is 0 Å². The predicted molar refractivity (Wildman–Crippen MR) is 86.3 cm³/mol. The first-order valence-electron chi connectivity index (χ1n) is 7.74. The quantitative estimate of drug-likeness (QED) is 0.886. The third-order valence-electron chi connectivity index (χ3n) is 4.28. The summed E-state index contributed by atoms with van der Waals surface area (Å²) in [6.45, 7) is 14.7. The van der Waals surface area contributed by atoms with Gasteiger partial charge in [0.2, 0.25) is 0 Å². The van der Waals surface area contributed by atoms with Gasteiger partial charge in [-0.1, -0.05) is 17.7 Å². The summed E-state index contributed by atoms with van der Waals surface area (Å²) in [7, 11) is 2.24. The Labute approximate surface area is 124 Å². The fourth-order valence-electron chi connectivity index (χ4n) is 3.06. The summed E-state index contributed by atoms with van der Waals surface area (Å²) in [5, 5.41) is 3.41. The summed E-state index contributed by atoms with van der Waals surface area (Å²) in [4.78, 5) is 5.01. The van der Waals surface area contributed by atoms with Crippen molar-refractivity contribution in [1.29, 1.82) is 0 Å². The molecule has 3 heteroatoms. The second-order valence-electron chi connectivity index (χ2n) is 6.21. The Bertz CT molecular complexity index is 413. The van der Waals surface area contributed by atoms with Crippen LogP contribution in [0.3, 0.4) is 0 Å². The zero-order chi connectivity index (χ0) is 14.5. The maximum absolute atomic E-state index is 3.41. The van der Waals surface area contributed by atoms with Gasteiger partial charge in [0, 0.05) is 45.8 Å². The maximum atomic E-state index is 3.41. The molecule has 0 saturated carbocycles. The van der Waals surface area contributed by atoms with Crippen LogP contribution in [0.5, 0.6) is 0 Å². The van der Waals surface area contributed by atoms with Crippen LogP contribution in [0.1, 0.15) is 22.3 Å². The van der Waals surface area contributed by atoms with Gasteiger partial charge in [0.15, 0.2) is 0 Å². The van der Waals surface area contributed by atoms with Crippen molar-refractivity contribution in [2.75, 3.05) is 46.3 Å². The second-order valence-corrected chi connectivity index (χ2v) is 6.21. The van der Waals surface area contributed by atoms with Gasteiger partial charge in [-0.2, -0.15) is 0 Å². The van der Waals surface area contributed by atoms with Crippen LogP contribution in [-0.2, 0) is 6.54 Å². The molecule has 0 spiro atoms. The molecule has 3 nitrogen and oxygen atoms in total. The van der Waals surface area contributed by atoms with Crippen molar-refractivity contribution in [1.82, 2.24) is 15.1 Å². The Morgan fingerprint density at radius 2 is 1.70 bits per heavy atom. The van der Waals surface area contributed by atoms with Gasteiger partial charge in [-0.05, 0) is 44.5 Å². The van der Waals surface area contributed by atoms with Gasteiger partial charge >= 0.3 is 0 Å². The highest BCUT2D eigenvalue weighted by Gasteiger charge is 2.11. The van der Waals surface area contributed by atoms with Crippen LogP contribution in [0.15, 0.2) is 12.1 Å². The highest BCUT2D eigenvalue weighted by atomic mass is 15.2. The number of aryl methyl sites for hydroxylation is 3. The summed E-state index contributed by atoms with van der Waals surface area (Å²) in [6.07, 6.45) is 0. The molecule has 1 N–H and O–H groups in total. The smallest absolute Gasteiger partial charge is 0.0236 e. The van der Waals surface area contributed by atoms with Crippen LogP contribution in [0, 0.1) is 20.8 Å². The summed E-state index contributed by atoms with van der Waals surface area (Å²) in [5.41, 5.74) is 5.72. The lowest BCUT2D eigenvalue weighted by molar-refractivity contribution is 0.202. The van der Waals surface area contributed by atoms with Crippen molar-refractivity contribution in [3.05, 3.63) is 34.4 Å². The van der Waals surface area contributed by atoms with Crippen molar-refractivity contribution in [2.24, 2.45) is 0 Å². The lowest BCUT2D eigenvalue weighted by atomic mass is 9.99. The molecule has 20 heavy (non-hydrogen) atoms. The molecule has 2 rings (SSSR count). The van der Waals surface area contributed by atoms with E-state index in [0.29, 0.717) is 0 Å². The monoisotopic (exact) mass is 275 g/mol. The average molecular weight is 275 g/mol. The van der Waals surface area contributed by atoms with E-state index in [1.807, 2.05) is 0 Å². The minimum atomic E-state index is 1.06. The molecule has 0 aromatic heterocycles. The van der Waals surface area contributed by atoms with Crippen LogP contribution in [-0.4, -0.2) is 56.1 Å². The molecule has 0 atom stereocenters. The van der Waals surface area contributed by atoms with Gasteiger partial charge in [0.05, 0.1) is 0 Å². The van der Waals surface area contributed by atoms with Crippen LogP contribution >= 0.6 is 0 Å². The first kappa shape index (κ1) is 15.5.